The summed E-state index contributed by atoms with van der Waals surface area (Å²) in [6.07, 6.45) is 5.32. The van der Waals surface area contributed by atoms with Crippen molar-refractivity contribution in [1.82, 2.24) is 14.9 Å². The van der Waals surface area contributed by atoms with Crippen LogP contribution < -0.4 is 16.8 Å². The molecule has 14 heavy (non-hydrogen) atoms. The maximum Gasteiger partial charge on any atom is 0.235 e. The van der Waals surface area contributed by atoms with Gasteiger partial charge in [-0.05, 0) is 0 Å². The van der Waals surface area contributed by atoms with Gasteiger partial charge in [-0.15, -0.1) is 0 Å². The Morgan fingerprint density at radius 2 is 2.43 bits per heavy atom. The van der Waals surface area contributed by atoms with Crippen molar-refractivity contribution in [1.29, 1.82) is 0 Å². The predicted octanol–water partition coefficient (Wildman–Crippen LogP) is -1.71. The van der Waals surface area contributed by atoms with E-state index in [2.05, 4.69) is 10.3 Å². The van der Waals surface area contributed by atoms with Crippen molar-refractivity contribution in [3.8, 4) is 0 Å². The van der Waals surface area contributed by atoms with E-state index in [1.165, 1.54) is 0 Å². The lowest BCUT2D eigenvalue weighted by Gasteiger charge is -2.08. The normalized spacial score (nSPS) is 12.6. The first-order chi connectivity index (χ1) is 6.70. The van der Waals surface area contributed by atoms with Gasteiger partial charge in [-0.1, -0.05) is 0 Å². The van der Waals surface area contributed by atoms with Gasteiger partial charge >= 0.3 is 0 Å². The Morgan fingerprint density at radius 1 is 1.64 bits per heavy atom. The Kier molecular flexibility index (Phi) is 4.09. The third kappa shape index (κ3) is 3.55. The summed E-state index contributed by atoms with van der Waals surface area (Å²) in [6.45, 7) is 1.94. The van der Waals surface area contributed by atoms with Crippen LogP contribution in [0.1, 0.15) is 0 Å². The van der Waals surface area contributed by atoms with E-state index in [0.717, 1.165) is 13.1 Å². The molecule has 78 valence electrons. The van der Waals surface area contributed by atoms with Gasteiger partial charge in [-0.2, -0.15) is 0 Å². The lowest BCUT2D eigenvalue weighted by molar-refractivity contribution is -0.119. The van der Waals surface area contributed by atoms with Crippen LogP contribution in [-0.4, -0.2) is 34.6 Å². The van der Waals surface area contributed by atoms with Crippen LogP contribution in [0.15, 0.2) is 18.7 Å². The Morgan fingerprint density at radius 3 is 3.00 bits per heavy atom. The number of hydrogen-bond donors (Lipinski definition) is 3. The van der Waals surface area contributed by atoms with Crippen molar-refractivity contribution in [3.63, 3.8) is 0 Å². The minimum absolute atomic E-state index is 0.407. The number of amides is 1. The molecule has 0 aliphatic heterocycles. The third-order valence-electron chi connectivity index (χ3n) is 1.84. The second kappa shape index (κ2) is 5.36. The van der Waals surface area contributed by atoms with Crippen LogP contribution in [0.5, 0.6) is 0 Å². The minimum Gasteiger partial charge on any atom is -0.368 e. The number of aromatic nitrogens is 2. The van der Waals surface area contributed by atoms with Gasteiger partial charge < -0.3 is 21.4 Å². The predicted molar refractivity (Wildman–Crippen MR) is 52.3 cm³/mol. The molecule has 0 aromatic carbocycles. The number of nitrogens with one attached hydrogen (secondary N) is 1. The van der Waals surface area contributed by atoms with E-state index >= 15 is 0 Å². The highest BCUT2D eigenvalue weighted by Gasteiger charge is 2.06. The van der Waals surface area contributed by atoms with Gasteiger partial charge in [0.05, 0.1) is 12.4 Å². The van der Waals surface area contributed by atoms with Gasteiger partial charge in [0.1, 0.15) is 0 Å². The minimum atomic E-state index is -0.613. The van der Waals surface area contributed by atoms with Crippen LogP contribution in [0, 0.1) is 0 Å². The molecule has 6 nitrogen and oxygen atoms in total. The number of carbonyl (C=O) groups excluding carboxylic acids is 1. The lowest BCUT2D eigenvalue weighted by Crippen LogP contribution is -2.44. The monoisotopic (exact) mass is 197 g/mol. The zero-order valence-corrected chi connectivity index (χ0v) is 7.89. The number of carbonyl (C=O) groups is 1. The fourth-order valence-electron chi connectivity index (χ4n) is 0.985. The van der Waals surface area contributed by atoms with E-state index in [0.29, 0.717) is 6.54 Å². The van der Waals surface area contributed by atoms with Crippen LogP contribution in [0.25, 0.3) is 0 Å². The molecule has 1 amide bonds. The molecule has 1 unspecified atom stereocenters. The lowest BCUT2D eigenvalue weighted by atomic mass is 10.3. The standard InChI is InChI=1S/C8H15N5O/c9-7(8(10)14)5-11-1-3-13-4-2-12-6-13/h2,4,6-7,11H,1,3,5,9H2,(H2,10,14). The number of primary amides is 1. The fraction of sp³-hybridized carbons (Fsp3) is 0.500. The Labute approximate surface area is 82.3 Å². The van der Waals surface area contributed by atoms with Crippen molar-refractivity contribution in [2.24, 2.45) is 11.5 Å². The second-order valence-corrected chi connectivity index (χ2v) is 3.01. The van der Waals surface area contributed by atoms with E-state index in [-0.39, 0.29) is 0 Å². The van der Waals surface area contributed by atoms with E-state index in [4.69, 9.17) is 11.5 Å². The van der Waals surface area contributed by atoms with E-state index in [1.807, 2.05) is 10.8 Å². The van der Waals surface area contributed by atoms with Gasteiger partial charge in [0.15, 0.2) is 0 Å². The number of hydrogen-bond acceptors (Lipinski definition) is 4. The maximum atomic E-state index is 10.6. The van der Waals surface area contributed by atoms with E-state index in [1.54, 1.807) is 12.5 Å². The number of nitrogens with zero attached hydrogens (tertiary/aromatic N) is 2. The molecule has 0 saturated heterocycles. The average Bonchev–Trinajstić information content (AvgIpc) is 2.64. The first-order valence-electron chi connectivity index (χ1n) is 4.41. The highest BCUT2D eigenvalue weighted by atomic mass is 16.1. The quantitative estimate of drug-likeness (QED) is 0.473. The molecule has 0 fully saturated rings. The summed E-state index contributed by atoms with van der Waals surface area (Å²) in [4.78, 5) is 14.5. The number of imidazole rings is 1. The molecule has 0 saturated carbocycles. The average molecular weight is 197 g/mol. The summed E-state index contributed by atoms with van der Waals surface area (Å²) in [5.74, 6) is -0.486. The molecule has 1 rings (SSSR count). The van der Waals surface area contributed by atoms with Crippen LogP contribution in [0.2, 0.25) is 0 Å². The van der Waals surface area contributed by atoms with Crippen LogP contribution >= 0.6 is 0 Å². The Balaban J connectivity index is 2.08. The maximum absolute atomic E-state index is 10.6. The largest absolute Gasteiger partial charge is 0.368 e. The molecule has 1 aromatic rings. The SMILES string of the molecule is NC(=O)C(N)CNCCn1ccnc1. The summed E-state index contributed by atoms with van der Waals surface area (Å²) in [7, 11) is 0. The Hall–Kier alpha value is -1.40. The summed E-state index contributed by atoms with van der Waals surface area (Å²) in [5, 5.41) is 3.03. The van der Waals surface area contributed by atoms with Crippen molar-refractivity contribution >= 4 is 5.91 Å². The highest BCUT2D eigenvalue weighted by molar-refractivity contribution is 5.79. The highest BCUT2D eigenvalue weighted by Crippen LogP contribution is 1.83. The van der Waals surface area contributed by atoms with E-state index in [9.17, 15) is 4.79 Å². The first-order valence-corrected chi connectivity index (χ1v) is 4.41. The molecule has 1 atom stereocenters. The smallest absolute Gasteiger partial charge is 0.235 e. The summed E-state index contributed by atoms with van der Waals surface area (Å²) >= 11 is 0. The van der Waals surface area contributed by atoms with Crippen LogP contribution in [0.3, 0.4) is 0 Å². The molecule has 0 spiro atoms. The van der Waals surface area contributed by atoms with E-state index < -0.39 is 11.9 Å². The van der Waals surface area contributed by atoms with Crippen molar-refractivity contribution in [2.45, 2.75) is 12.6 Å². The first kappa shape index (κ1) is 10.7. The molecule has 0 aliphatic rings. The summed E-state index contributed by atoms with van der Waals surface area (Å²) in [6, 6.07) is -0.613. The van der Waals surface area contributed by atoms with Crippen LogP contribution in [0.4, 0.5) is 0 Å². The fourth-order valence-corrected chi connectivity index (χ4v) is 0.985. The summed E-state index contributed by atoms with van der Waals surface area (Å²) in [5.41, 5.74) is 10.4. The molecule has 1 aromatic heterocycles. The van der Waals surface area contributed by atoms with Crippen molar-refractivity contribution in [2.75, 3.05) is 13.1 Å². The molecular weight excluding hydrogens is 182 g/mol. The molecule has 0 radical (unpaired) electrons. The van der Waals surface area contributed by atoms with Crippen LogP contribution in [-0.2, 0) is 11.3 Å². The molecule has 0 bridgehead atoms. The molecule has 5 N–H and O–H groups in total. The van der Waals surface area contributed by atoms with Crippen molar-refractivity contribution < 1.29 is 4.79 Å². The third-order valence-corrected chi connectivity index (χ3v) is 1.84. The van der Waals surface area contributed by atoms with Gasteiger partial charge in [-0.25, -0.2) is 4.98 Å². The number of nitrogens with two attached hydrogens (primary N) is 2. The zero-order chi connectivity index (χ0) is 10.4. The molecule has 6 heteroatoms. The Bertz CT molecular complexity index is 271. The van der Waals surface area contributed by atoms with Gasteiger partial charge in [0.25, 0.3) is 0 Å². The topological polar surface area (TPSA) is 99.0 Å². The zero-order valence-electron chi connectivity index (χ0n) is 7.89. The number of rotatable bonds is 6. The van der Waals surface area contributed by atoms with Crippen molar-refractivity contribution in [3.05, 3.63) is 18.7 Å². The molecule has 0 aliphatic carbocycles. The second-order valence-electron chi connectivity index (χ2n) is 3.01. The van der Waals surface area contributed by atoms with Gasteiger partial charge in [0.2, 0.25) is 5.91 Å². The molecular formula is C8H15N5O. The van der Waals surface area contributed by atoms with Gasteiger partial charge in [0, 0.05) is 32.0 Å². The summed E-state index contributed by atoms with van der Waals surface area (Å²) < 4.78 is 1.93. The molecule has 1 heterocycles. The van der Waals surface area contributed by atoms with Gasteiger partial charge in [-0.3, -0.25) is 4.79 Å².